The molecule has 0 bridgehead atoms. The van der Waals surface area contributed by atoms with Crippen LogP contribution in [0.2, 0.25) is 0 Å². The summed E-state index contributed by atoms with van der Waals surface area (Å²) in [5.41, 5.74) is 0. The van der Waals surface area contributed by atoms with Crippen LogP contribution in [0.15, 0.2) is 17.5 Å². The maximum atomic E-state index is 12.7. The average molecular weight is 386 g/mol. The summed E-state index contributed by atoms with van der Waals surface area (Å²) in [4.78, 5) is 18.2. The van der Waals surface area contributed by atoms with E-state index in [1.807, 2.05) is 22.4 Å². The van der Waals surface area contributed by atoms with Gasteiger partial charge in [0.15, 0.2) is 0 Å². The number of carbonyl (C=O) groups excluding carboxylic acids is 1. The SMILES string of the molecule is O=C(c1cccs1)N1CCCC(c2nnc3n2CCN(C2CCCC2)C3)C1. The lowest BCUT2D eigenvalue weighted by Gasteiger charge is -2.35. The number of carbonyl (C=O) groups is 1. The largest absolute Gasteiger partial charge is 0.337 e. The van der Waals surface area contributed by atoms with Crippen LogP contribution in [0.3, 0.4) is 0 Å². The number of thiophene rings is 1. The monoisotopic (exact) mass is 385 g/mol. The van der Waals surface area contributed by atoms with Crippen molar-refractivity contribution in [2.45, 2.75) is 63.6 Å². The van der Waals surface area contributed by atoms with Gasteiger partial charge < -0.3 is 9.47 Å². The molecule has 2 fully saturated rings. The van der Waals surface area contributed by atoms with E-state index in [9.17, 15) is 4.79 Å². The number of likely N-dealkylation sites (tertiary alicyclic amines) is 1. The topological polar surface area (TPSA) is 54.3 Å². The van der Waals surface area contributed by atoms with Crippen LogP contribution < -0.4 is 0 Å². The molecule has 2 aliphatic heterocycles. The van der Waals surface area contributed by atoms with Gasteiger partial charge in [-0.1, -0.05) is 18.9 Å². The lowest BCUT2D eigenvalue weighted by Crippen LogP contribution is -2.42. The van der Waals surface area contributed by atoms with Gasteiger partial charge in [-0.25, -0.2) is 0 Å². The highest BCUT2D eigenvalue weighted by Crippen LogP contribution is 2.31. The predicted octanol–water partition coefficient (Wildman–Crippen LogP) is 3.12. The molecule has 2 aromatic heterocycles. The van der Waals surface area contributed by atoms with E-state index in [0.717, 1.165) is 68.1 Å². The first-order chi connectivity index (χ1) is 13.3. The van der Waals surface area contributed by atoms with E-state index in [1.54, 1.807) is 0 Å². The minimum absolute atomic E-state index is 0.167. The lowest BCUT2D eigenvalue weighted by atomic mass is 9.96. The summed E-state index contributed by atoms with van der Waals surface area (Å²) >= 11 is 1.53. The Hall–Kier alpha value is -1.73. The van der Waals surface area contributed by atoms with Crippen LogP contribution in [-0.4, -0.2) is 56.1 Å². The quantitative estimate of drug-likeness (QED) is 0.815. The Bertz CT molecular complexity index is 795. The third-order valence-electron chi connectivity index (χ3n) is 6.46. The highest BCUT2D eigenvalue weighted by atomic mass is 32.1. The molecule has 144 valence electrons. The van der Waals surface area contributed by atoms with Gasteiger partial charge in [0.05, 0.1) is 11.4 Å². The molecule has 1 saturated carbocycles. The Morgan fingerprint density at radius 3 is 2.78 bits per heavy atom. The molecule has 1 amide bonds. The standard InChI is InChI=1S/C20H27N5OS/c26-20(17-8-4-12-27-17)24-9-3-5-15(13-24)19-22-21-18-14-23(10-11-25(18)19)16-6-1-2-7-16/h4,8,12,15-16H,1-3,5-7,9-11,13-14H2. The zero-order valence-electron chi connectivity index (χ0n) is 15.7. The van der Waals surface area contributed by atoms with Gasteiger partial charge in [-0.05, 0) is 37.1 Å². The molecule has 0 radical (unpaired) electrons. The number of nitrogens with zero attached hydrogens (tertiary/aromatic N) is 5. The summed E-state index contributed by atoms with van der Waals surface area (Å²) in [5.74, 6) is 2.69. The van der Waals surface area contributed by atoms with Crippen LogP contribution in [0.25, 0.3) is 0 Å². The van der Waals surface area contributed by atoms with E-state index in [1.165, 1.54) is 37.0 Å². The van der Waals surface area contributed by atoms with Crippen LogP contribution in [0.4, 0.5) is 0 Å². The van der Waals surface area contributed by atoms with E-state index < -0.39 is 0 Å². The van der Waals surface area contributed by atoms with Crippen molar-refractivity contribution < 1.29 is 4.79 Å². The summed E-state index contributed by atoms with van der Waals surface area (Å²) in [7, 11) is 0. The zero-order chi connectivity index (χ0) is 18.2. The molecular formula is C20H27N5OS. The number of piperidine rings is 1. The van der Waals surface area contributed by atoms with Crippen molar-refractivity contribution in [2.24, 2.45) is 0 Å². The molecule has 1 atom stereocenters. The third-order valence-corrected chi connectivity index (χ3v) is 7.32. The van der Waals surface area contributed by atoms with Gasteiger partial charge >= 0.3 is 0 Å². The summed E-state index contributed by atoms with van der Waals surface area (Å²) < 4.78 is 2.34. The molecule has 1 unspecified atom stereocenters. The summed E-state index contributed by atoms with van der Waals surface area (Å²) in [6, 6.07) is 4.62. The number of fused-ring (bicyclic) bond motifs is 1. The van der Waals surface area contributed by atoms with Crippen LogP contribution in [0.1, 0.15) is 65.8 Å². The van der Waals surface area contributed by atoms with Gasteiger partial charge in [-0.15, -0.1) is 21.5 Å². The zero-order valence-corrected chi connectivity index (χ0v) is 16.5. The fourth-order valence-electron chi connectivity index (χ4n) is 5.01. The van der Waals surface area contributed by atoms with Gasteiger partial charge in [0, 0.05) is 38.1 Å². The summed E-state index contributed by atoms with van der Waals surface area (Å²) in [6.45, 7) is 4.64. The minimum Gasteiger partial charge on any atom is -0.337 e. The fourth-order valence-corrected chi connectivity index (χ4v) is 5.70. The molecule has 0 aromatic carbocycles. The molecule has 3 aliphatic rings. The molecule has 27 heavy (non-hydrogen) atoms. The van der Waals surface area contributed by atoms with Crippen LogP contribution in [0, 0.1) is 0 Å². The minimum atomic E-state index is 0.167. The van der Waals surface area contributed by atoms with Crippen molar-refractivity contribution in [3.63, 3.8) is 0 Å². The average Bonchev–Trinajstić information content (AvgIpc) is 3.48. The second-order valence-electron chi connectivity index (χ2n) is 8.10. The second-order valence-corrected chi connectivity index (χ2v) is 9.05. The molecule has 1 saturated heterocycles. The van der Waals surface area contributed by atoms with E-state index in [2.05, 4.69) is 19.7 Å². The Balaban J connectivity index is 1.30. The highest BCUT2D eigenvalue weighted by Gasteiger charge is 2.33. The van der Waals surface area contributed by atoms with E-state index in [0.29, 0.717) is 5.92 Å². The first kappa shape index (κ1) is 17.4. The molecule has 1 aliphatic carbocycles. The van der Waals surface area contributed by atoms with E-state index >= 15 is 0 Å². The van der Waals surface area contributed by atoms with Gasteiger partial charge in [-0.3, -0.25) is 9.69 Å². The Morgan fingerprint density at radius 2 is 1.96 bits per heavy atom. The van der Waals surface area contributed by atoms with Crippen LogP contribution >= 0.6 is 11.3 Å². The Labute approximate surface area is 164 Å². The van der Waals surface area contributed by atoms with E-state index in [4.69, 9.17) is 0 Å². The smallest absolute Gasteiger partial charge is 0.263 e. The Morgan fingerprint density at radius 1 is 1.07 bits per heavy atom. The third kappa shape index (κ3) is 3.31. The van der Waals surface area contributed by atoms with Crippen molar-refractivity contribution >= 4 is 17.2 Å². The predicted molar refractivity (Wildman–Crippen MR) is 105 cm³/mol. The normalized spacial score (nSPS) is 24.3. The molecule has 6 nitrogen and oxygen atoms in total. The summed E-state index contributed by atoms with van der Waals surface area (Å²) in [5, 5.41) is 11.1. The first-order valence-corrected chi connectivity index (χ1v) is 11.2. The lowest BCUT2D eigenvalue weighted by molar-refractivity contribution is 0.0706. The molecule has 0 spiro atoms. The highest BCUT2D eigenvalue weighted by molar-refractivity contribution is 7.12. The van der Waals surface area contributed by atoms with Crippen LogP contribution in [0.5, 0.6) is 0 Å². The van der Waals surface area contributed by atoms with Crippen molar-refractivity contribution in [3.8, 4) is 0 Å². The molecular weight excluding hydrogens is 358 g/mol. The number of aromatic nitrogens is 3. The Kier molecular flexibility index (Phi) is 4.73. The van der Waals surface area contributed by atoms with Crippen LogP contribution in [-0.2, 0) is 13.1 Å². The van der Waals surface area contributed by atoms with Gasteiger partial charge in [-0.2, -0.15) is 0 Å². The molecule has 0 N–H and O–H groups in total. The van der Waals surface area contributed by atoms with Crippen molar-refractivity contribution in [1.29, 1.82) is 0 Å². The molecule has 4 heterocycles. The molecule has 2 aromatic rings. The number of amides is 1. The maximum Gasteiger partial charge on any atom is 0.263 e. The molecule has 5 rings (SSSR count). The number of hydrogen-bond donors (Lipinski definition) is 0. The summed E-state index contributed by atoms with van der Waals surface area (Å²) in [6.07, 6.45) is 7.55. The van der Waals surface area contributed by atoms with Crippen molar-refractivity contribution in [3.05, 3.63) is 34.0 Å². The van der Waals surface area contributed by atoms with Crippen molar-refractivity contribution in [1.82, 2.24) is 24.6 Å². The number of hydrogen-bond acceptors (Lipinski definition) is 5. The molecule has 7 heteroatoms. The fraction of sp³-hybridized carbons (Fsp3) is 0.650. The first-order valence-electron chi connectivity index (χ1n) is 10.3. The van der Waals surface area contributed by atoms with Gasteiger partial charge in [0.1, 0.15) is 11.6 Å². The van der Waals surface area contributed by atoms with Gasteiger partial charge in [0.2, 0.25) is 0 Å². The second kappa shape index (κ2) is 7.36. The van der Waals surface area contributed by atoms with E-state index in [-0.39, 0.29) is 5.91 Å². The van der Waals surface area contributed by atoms with Crippen molar-refractivity contribution in [2.75, 3.05) is 19.6 Å². The van der Waals surface area contributed by atoms with Gasteiger partial charge in [0.25, 0.3) is 5.91 Å². The number of rotatable bonds is 3. The maximum absolute atomic E-state index is 12.7.